The van der Waals surface area contributed by atoms with Gasteiger partial charge in [0.2, 0.25) is 0 Å². The lowest BCUT2D eigenvalue weighted by atomic mass is 9.89. The highest BCUT2D eigenvalue weighted by Crippen LogP contribution is 2.21. The summed E-state index contributed by atoms with van der Waals surface area (Å²) in [6.45, 7) is 13.2. The molecule has 1 rings (SSSR count). The van der Waals surface area contributed by atoms with Crippen LogP contribution < -0.4 is 0 Å². The fourth-order valence-corrected chi connectivity index (χ4v) is 1.54. The SMILES string of the molecule is CC(C)(C)CCCc1cn(C(C)(C)C)nn1. The van der Waals surface area contributed by atoms with Crippen LogP contribution in [0.4, 0.5) is 0 Å². The average Bonchev–Trinajstić information content (AvgIpc) is 2.49. The Labute approximate surface area is 99.2 Å². The van der Waals surface area contributed by atoms with Gasteiger partial charge in [-0.3, -0.25) is 0 Å². The Morgan fingerprint density at radius 1 is 1.12 bits per heavy atom. The van der Waals surface area contributed by atoms with Crippen LogP contribution in [-0.4, -0.2) is 15.0 Å². The minimum absolute atomic E-state index is 0.0370. The first kappa shape index (κ1) is 13.2. The molecule has 0 radical (unpaired) electrons. The molecule has 0 aliphatic heterocycles. The summed E-state index contributed by atoms with van der Waals surface area (Å²) in [7, 11) is 0. The molecule has 1 aromatic heterocycles. The summed E-state index contributed by atoms with van der Waals surface area (Å²) >= 11 is 0. The van der Waals surface area contributed by atoms with Crippen molar-refractivity contribution in [2.45, 2.75) is 66.3 Å². The van der Waals surface area contributed by atoms with Gasteiger partial charge in [-0.15, -0.1) is 5.10 Å². The van der Waals surface area contributed by atoms with E-state index in [-0.39, 0.29) is 5.54 Å². The molecule has 0 saturated carbocycles. The zero-order chi connectivity index (χ0) is 12.4. The Bertz CT molecular complexity index is 326. The molecule has 0 amide bonds. The third-order valence-corrected chi connectivity index (χ3v) is 2.59. The maximum absolute atomic E-state index is 4.22. The number of hydrogen-bond donors (Lipinski definition) is 0. The van der Waals surface area contributed by atoms with E-state index in [1.54, 1.807) is 0 Å². The molecule has 0 aliphatic rings. The molecule has 3 nitrogen and oxygen atoms in total. The van der Waals surface area contributed by atoms with Crippen LogP contribution in [0.3, 0.4) is 0 Å². The Morgan fingerprint density at radius 2 is 1.75 bits per heavy atom. The normalized spacial score (nSPS) is 13.1. The molecule has 92 valence electrons. The van der Waals surface area contributed by atoms with E-state index in [4.69, 9.17) is 0 Å². The quantitative estimate of drug-likeness (QED) is 0.786. The summed E-state index contributed by atoms with van der Waals surface area (Å²) in [6.07, 6.45) is 5.53. The zero-order valence-corrected chi connectivity index (χ0v) is 11.5. The molecular weight excluding hydrogens is 198 g/mol. The molecule has 0 spiro atoms. The minimum atomic E-state index is 0.0370. The van der Waals surface area contributed by atoms with Crippen LogP contribution in [0.5, 0.6) is 0 Å². The van der Waals surface area contributed by atoms with Crippen molar-refractivity contribution in [1.82, 2.24) is 15.0 Å². The molecule has 16 heavy (non-hydrogen) atoms. The molecule has 0 aliphatic carbocycles. The second-order valence-corrected chi connectivity index (χ2v) is 6.74. The van der Waals surface area contributed by atoms with E-state index >= 15 is 0 Å². The van der Waals surface area contributed by atoms with Crippen LogP contribution in [0.2, 0.25) is 0 Å². The van der Waals surface area contributed by atoms with E-state index in [9.17, 15) is 0 Å². The Morgan fingerprint density at radius 3 is 2.19 bits per heavy atom. The molecule has 0 N–H and O–H groups in total. The molecule has 0 aromatic carbocycles. The lowest BCUT2D eigenvalue weighted by Gasteiger charge is -2.18. The van der Waals surface area contributed by atoms with Crippen LogP contribution in [0.1, 0.15) is 60.1 Å². The highest BCUT2D eigenvalue weighted by molar-refractivity contribution is 4.94. The van der Waals surface area contributed by atoms with E-state index in [0.29, 0.717) is 5.41 Å². The summed E-state index contributed by atoms with van der Waals surface area (Å²) in [4.78, 5) is 0. The predicted octanol–water partition coefficient (Wildman–Crippen LogP) is 3.40. The van der Waals surface area contributed by atoms with Crippen molar-refractivity contribution in [3.05, 3.63) is 11.9 Å². The number of aryl methyl sites for hydroxylation is 1. The smallest absolute Gasteiger partial charge is 0.0827 e. The fourth-order valence-electron chi connectivity index (χ4n) is 1.54. The molecule has 1 heterocycles. The standard InChI is InChI=1S/C13H25N3/c1-12(2,3)9-7-8-11-10-16(15-14-11)13(4,5)6/h10H,7-9H2,1-6H3. The van der Waals surface area contributed by atoms with Crippen molar-refractivity contribution >= 4 is 0 Å². The van der Waals surface area contributed by atoms with E-state index in [1.165, 1.54) is 12.8 Å². The first-order valence-electron chi connectivity index (χ1n) is 6.10. The fraction of sp³-hybridized carbons (Fsp3) is 0.846. The van der Waals surface area contributed by atoms with Crippen molar-refractivity contribution in [3.63, 3.8) is 0 Å². The highest BCUT2D eigenvalue weighted by Gasteiger charge is 2.15. The van der Waals surface area contributed by atoms with Gasteiger partial charge in [-0.05, 0) is 45.4 Å². The van der Waals surface area contributed by atoms with E-state index in [2.05, 4.69) is 58.1 Å². The van der Waals surface area contributed by atoms with Crippen LogP contribution in [-0.2, 0) is 12.0 Å². The topological polar surface area (TPSA) is 30.7 Å². The third kappa shape index (κ3) is 4.33. The summed E-state index contributed by atoms with van der Waals surface area (Å²) < 4.78 is 1.94. The van der Waals surface area contributed by atoms with Crippen LogP contribution >= 0.6 is 0 Å². The monoisotopic (exact) mass is 223 g/mol. The van der Waals surface area contributed by atoms with Gasteiger partial charge in [0.15, 0.2) is 0 Å². The summed E-state index contributed by atoms with van der Waals surface area (Å²) in [5, 5.41) is 8.38. The van der Waals surface area contributed by atoms with E-state index in [0.717, 1.165) is 12.1 Å². The van der Waals surface area contributed by atoms with Crippen molar-refractivity contribution in [2.75, 3.05) is 0 Å². The van der Waals surface area contributed by atoms with Crippen LogP contribution in [0.15, 0.2) is 6.20 Å². The maximum atomic E-state index is 4.22. The van der Waals surface area contributed by atoms with Gasteiger partial charge in [-0.1, -0.05) is 26.0 Å². The van der Waals surface area contributed by atoms with Gasteiger partial charge in [-0.25, -0.2) is 4.68 Å². The second-order valence-electron chi connectivity index (χ2n) is 6.74. The zero-order valence-electron chi connectivity index (χ0n) is 11.5. The van der Waals surface area contributed by atoms with Crippen LogP contribution in [0, 0.1) is 5.41 Å². The highest BCUT2D eigenvalue weighted by atomic mass is 15.4. The largest absolute Gasteiger partial charge is 0.247 e. The molecule has 1 aromatic rings. The van der Waals surface area contributed by atoms with E-state index in [1.807, 2.05) is 4.68 Å². The second kappa shape index (κ2) is 4.56. The Kier molecular flexibility index (Phi) is 3.76. The lowest BCUT2D eigenvalue weighted by molar-refractivity contribution is 0.346. The van der Waals surface area contributed by atoms with Crippen molar-refractivity contribution in [3.8, 4) is 0 Å². The lowest BCUT2D eigenvalue weighted by Crippen LogP contribution is -2.22. The molecule has 0 bridgehead atoms. The molecule has 0 unspecified atom stereocenters. The van der Waals surface area contributed by atoms with Gasteiger partial charge in [0.25, 0.3) is 0 Å². The van der Waals surface area contributed by atoms with Crippen molar-refractivity contribution in [1.29, 1.82) is 0 Å². The summed E-state index contributed by atoms with van der Waals surface area (Å²) in [5.74, 6) is 0. The summed E-state index contributed by atoms with van der Waals surface area (Å²) in [5.41, 5.74) is 1.56. The predicted molar refractivity (Wildman–Crippen MR) is 67.4 cm³/mol. The molecule has 3 heteroatoms. The number of hydrogen-bond acceptors (Lipinski definition) is 2. The molecule has 0 fully saturated rings. The first-order chi connectivity index (χ1) is 7.18. The maximum Gasteiger partial charge on any atom is 0.0827 e. The van der Waals surface area contributed by atoms with Gasteiger partial charge >= 0.3 is 0 Å². The third-order valence-electron chi connectivity index (χ3n) is 2.59. The molecule has 0 saturated heterocycles. The Hall–Kier alpha value is -0.860. The number of aromatic nitrogens is 3. The number of nitrogens with zero attached hydrogens (tertiary/aromatic N) is 3. The van der Waals surface area contributed by atoms with E-state index < -0.39 is 0 Å². The van der Waals surface area contributed by atoms with Crippen molar-refractivity contribution < 1.29 is 0 Å². The summed E-state index contributed by atoms with van der Waals surface area (Å²) in [6, 6.07) is 0. The minimum Gasteiger partial charge on any atom is -0.247 e. The first-order valence-corrected chi connectivity index (χ1v) is 6.10. The number of rotatable bonds is 3. The van der Waals surface area contributed by atoms with Gasteiger partial charge in [0.05, 0.1) is 11.2 Å². The van der Waals surface area contributed by atoms with Gasteiger partial charge in [0, 0.05) is 6.20 Å². The molecular formula is C13H25N3. The van der Waals surface area contributed by atoms with Gasteiger partial charge in [0.1, 0.15) is 0 Å². The van der Waals surface area contributed by atoms with Gasteiger partial charge in [-0.2, -0.15) is 0 Å². The van der Waals surface area contributed by atoms with Crippen LogP contribution in [0.25, 0.3) is 0 Å². The van der Waals surface area contributed by atoms with Gasteiger partial charge < -0.3 is 0 Å². The Balaban J connectivity index is 2.48. The average molecular weight is 223 g/mol. The molecule has 0 atom stereocenters. The van der Waals surface area contributed by atoms with Crippen molar-refractivity contribution in [2.24, 2.45) is 5.41 Å².